The number of carbonyl (C=O) groups excluding carboxylic acids is 1. The van der Waals surface area contributed by atoms with Crippen molar-refractivity contribution in [2.45, 2.75) is 36.4 Å². The predicted octanol–water partition coefficient (Wildman–Crippen LogP) is 2.15. The second-order valence-corrected chi connectivity index (χ2v) is 16.1. The van der Waals surface area contributed by atoms with Gasteiger partial charge in [0.1, 0.15) is 16.7 Å². The van der Waals surface area contributed by atoms with Gasteiger partial charge in [-0.1, -0.05) is 11.7 Å². The zero-order valence-corrected chi connectivity index (χ0v) is 35.5. The third kappa shape index (κ3) is 13.2. The average molecular weight is 924 g/mol. The molecule has 2 saturated heterocycles. The molecule has 1 aromatic heterocycles. The van der Waals surface area contributed by atoms with E-state index < -0.39 is 39.6 Å². The van der Waals surface area contributed by atoms with E-state index in [0.29, 0.717) is 107 Å². The normalized spacial score (nSPS) is 18.9. The van der Waals surface area contributed by atoms with Crippen molar-refractivity contribution in [1.29, 1.82) is 0 Å². The Kier molecular flexibility index (Phi) is 16.9. The van der Waals surface area contributed by atoms with Crippen molar-refractivity contribution < 1.29 is 75.0 Å². The van der Waals surface area contributed by atoms with Crippen molar-refractivity contribution in [2.24, 2.45) is 0 Å². The molecule has 3 aliphatic heterocycles. The number of fused-ring (bicyclic) bond motifs is 2. The molecule has 2 atom stereocenters. The van der Waals surface area contributed by atoms with Gasteiger partial charge in [-0.05, 0) is 54.1 Å². The Labute approximate surface area is 366 Å². The molecule has 2 unspecified atom stereocenters. The Morgan fingerprint density at radius 2 is 1.55 bits per heavy atom. The predicted molar refractivity (Wildman–Crippen MR) is 220 cm³/mol. The number of benzene rings is 3. The minimum Gasteiger partial charge on any atom is -0.380 e. The van der Waals surface area contributed by atoms with Crippen LogP contribution in [-0.2, 0) is 59.6 Å². The summed E-state index contributed by atoms with van der Waals surface area (Å²) in [5, 5.41) is 19.6. The van der Waals surface area contributed by atoms with Gasteiger partial charge in [0, 0.05) is 49.4 Å². The molecule has 350 valence electrons. The second-order valence-electron chi connectivity index (χ2n) is 14.4. The van der Waals surface area contributed by atoms with Gasteiger partial charge in [0.05, 0.1) is 95.8 Å². The largest absolute Gasteiger partial charge is 0.380 e. The number of nitrogens with one attached hydrogen (secondary N) is 5. The molecule has 64 heavy (non-hydrogen) atoms. The summed E-state index contributed by atoms with van der Waals surface area (Å²) in [6, 6.07) is 14.8. The number of amides is 1. The molecule has 0 aliphatic carbocycles. The van der Waals surface area contributed by atoms with Gasteiger partial charge in [-0.3, -0.25) is 19.5 Å². The molecule has 4 aromatic rings. The molecule has 3 aromatic carbocycles. The van der Waals surface area contributed by atoms with Crippen LogP contribution in [-0.4, -0.2) is 134 Å². The number of anilines is 2. The fraction of sp³-hybridized carbons (Fsp3) is 0.475. The van der Waals surface area contributed by atoms with Gasteiger partial charge < -0.3 is 54.1 Å². The monoisotopic (exact) mass is 923 g/mol. The number of carbonyl (C=O) groups is 1. The first kappa shape index (κ1) is 47.2. The molecular formula is C40H51F2N7O14S. The number of halogens is 2. The number of aromatic amines is 1. The molecule has 6 N–H and O–H groups in total. The van der Waals surface area contributed by atoms with E-state index in [1.54, 1.807) is 24.3 Å². The Morgan fingerprint density at radius 1 is 0.859 bits per heavy atom. The van der Waals surface area contributed by atoms with Crippen LogP contribution in [0.1, 0.15) is 18.4 Å². The quantitative estimate of drug-likeness (QED) is 0.0495. The maximum absolute atomic E-state index is 13.5. The van der Waals surface area contributed by atoms with Crippen LogP contribution in [0, 0.1) is 11.6 Å². The number of aromatic nitrogens is 1. The van der Waals surface area contributed by atoms with E-state index in [1.165, 1.54) is 16.4 Å². The van der Waals surface area contributed by atoms with Gasteiger partial charge in [-0.15, -0.1) is 0 Å². The van der Waals surface area contributed by atoms with Crippen molar-refractivity contribution in [3.05, 3.63) is 77.9 Å². The van der Waals surface area contributed by atoms with E-state index in [0.717, 1.165) is 17.8 Å². The Hall–Kier alpha value is -4.80. The maximum atomic E-state index is 13.5. The lowest BCUT2D eigenvalue weighted by molar-refractivity contribution is -0.376. The first-order valence-corrected chi connectivity index (χ1v) is 22.0. The Balaban J connectivity index is 0.678. The van der Waals surface area contributed by atoms with Crippen LogP contribution in [0.25, 0.3) is 10.9 Å². The van der Waals surface area contributed by atoms with Crippen molar-refractivity contribution in [1.82, 2.24) is 25.9 Å². The summed E-state index contributed by atoms with van der Waals surface area (Å²) in [6.07, 6.45) is 0.0145. The molecule has 1 amide bonds. The van der Waals surface area contributed by atoms with Crippen molar-refractivity contribution in [3.63, 3.8) is 0 Å². The first-order valence-electron chi connectivity index (χ1n) is 20.5. The standard InChI is InChI=1S/C40H51F2N7O14S/c41-30-22-28(23-31(42)26-30)27-44-39(50)40(51)7-10-48(63-40)32-4-5-33-29(24-32)25-36(46-33)64(52,53)45-9-13-55-15-17-57-19-21-58-20-18-56-16-14-54-12-8-43-34-2-1-3-35-38(34)62-49(61-35)37-6-11-59-47-60-37/h1-5,22-26,37,43,45-47,51H,6-21,27H2,(H,44,50). The summed E-state index contributed by atoms with van der Waals surface area (Å²) in [4.78, 5) is 43.0. The lowest BCUT2D eigenvalue weighted by Crippen LogP contribution is -2.47. The van der Waals surface area contributed by atoms with E-state index in [4.69, 9.17) is 47.9 Å². The molecule has 3 aliphatic rings. The number of H-pyrrole nitrogens is 1. The van der Waals surface area contributed by atoms with Crippen molar-refractivity contribution in [3.8, 4) is 11.5 Å². The molecule has 0 saturated carbocycles. The third-order valence-corrected chi connectivity index (χ3v) is 11.1. The van der Waals surface area contributed by atoms with E-state index in [9.17, 15) is 27.1 Å². The van der Waals surface area contributed by atoms with E-state index in [2.05, 4.69) is 26.0 Å². The zero-order chi connectivity index (χ0) is 44.8. The van der Waals surface area contributed by atoms with Crippen molar-refractivity contribution >= 4 is 38.2 Å². The highest BCUT2D eigenvalue weighted by Gasteiger charge is 2.45. The topological polar surface area (TPSA) is 234 Å². The number of hydrogen-bond donors (Lipinski definition) is 6. The van der Waals surface area contributed by atoms with Crippen LogP contribution in [0.15, 0.2) is 65.7 Å². The summed E-state index contributed by atoms with van der Waals surface area (Å²) in [5.74, 6) is -3.55. The van der Waals surface area contributed by atoms with E-state index >= 15 is 0 Å². The molecule has 7 rings (SSSR count). The average Bonchev–Trinajstić information content (AvgIpc) is 4.04. The van der Waals surface area contributed by atoms with Gasteiger partial charge >= 0.3 is 0 Å². The summed E-state index contributed by atoms with van der Waals surface area (Å²) in [5.41, 5.74) is 4.30. The molecular weight excluding hydrogens is 873 g/mol. The minimum absolute atomic E-state index is 0.0239. The number of rotatable bonds is 26. The number of nitrogens with zero attached hydrogens (tertiary/aromatic N) is 2. The zero-order valence-electron chi connectivity index (χ0n) is 34.7. The van der Waals surface area contributed by atoms with Crippen LogP contribution >= 0.6 is 0 Å². The maximum Gasteiger partial charge on any atom is 0.282 e. The van der Waals surface area contributed by atoms with Gasteiger partial charge in [0.2, 0.25) is 12.0 Å². The number of hydroxylamine groups is 3. The lowest BCUT2D eigenvalue weighted by atomic mass is 10.1. The number of sulfonamides is 1. The molecule has 0 spiro atoms. The number of ether oxygens (including phenoxy) is 5. The van der Waals surface area contributed by atoms with Crippen LogP contribution < -0.4 is 35.7 Å². The van der Waals surface area contributed by atoms with Crippen molar-refractivity contribution in [2.75, 3.05) is 103 Å². The summed E-state index contributed by atoms with van der Waals surface area (Å²) >= 11 is 0. The van der Waals surface area contributed by atoms with Crippen LogP contribution in [0.2, 0.25) is 0 Å². The van der Waals surface area contributed by atoms with Crippen LogP contribution in [0.3, 0.4) is 0 Å². The molecule has 0 bridgehead atoms. The highest BCUT2D eigenvalue weighted by molar-refractivity contribution is 7.89. The number of aliphatic hydroxyl groups is 1. The smallest absolute Gasteiger partial charge is 0.282 e. The summed E-state index contributed by atoms with van der Waals surface area (Å²) in [6.45, 7) is 4.45. The minimum atomic E-state index is -3.91. The van der Waals surface area contributed by atoms with Gasteiger partial charge in [0.25, 0.3) is 21.7 Å². The van der Waals surface area contributed by atoms with Gasteiger partial charge in [-0.2, -0.15) is 0 Å². The van der Waals surface area contributed by atoms with Gasteiger partial charge in [-0.25, -0.2) is 26.8 Å². The Morgan fingerprint density at radius 3 is 2.23 bits per heavy atom. The number of hydrogen-bond acceptors (Lipinski definition) is 18. The summed E-state index contributed by atoms with van der Waals surface area (Å²) < 4.78 is 83.1. The first-order chi connectivity index (χ1) is 31.1. The highest BCUT2D eigenvalue weighted by Crippen LogP contribution is 2.41. The fourth-order valence-corrected chi connectivity index (χ4v) is 7.53. The molecule has 21 nitrogen and oxygen atoms in total. The molecule has 0 radical (unpaired) electrons. The highest BCUT2D eigenvalue weighted by atomic mass is 32.2. The number of para-hydroxylation sites is 1. The molecule has 24 heteroatoms. The lowest BCUT2D eigenvalue weighted by Gasteiger charge is -2.26. The van der Waals surface area contributed by atoms with Gasteiger partial charge in [0.15, 0.2) is 5.75 Å². The third-order valence-electron chi connectivity index (χ3n) is 9.68. The second kappa shape index (κ2) is 22.9. The molecule has 4 heterocycles. The van der Waals surface area contributed by atoms with E-state index in [-0.39, 0.29) is 49.9 Å². The van der Waals surface area contributed by atoms with E-state index in [1.807, 2.05) is 12.1 Å². The summed E-state index contributed by atoms with van der Waals surface area (Å²) in [7, 11) is -3.91. The SMILES string of the molecule is O=C(NCc1cc(F)cc(F)c1)C1(O)CCN(c2ccc3[nH]c(S(=O)(=O)NCCOCCOCCOCCOCCOCCNc4cccc5c4ON(C4CCONO4)O5)cc3c2)O1. The Bertz CT molecular complexity index is 2240. The van der Waals surface area contributed by atoms with Crippen LogP contribution in [0.5, 0.6) is 11.5 Å². The van der Waals surface area contributed by atoms with Crippen LogP contribution in [0.4, 0.5) is 20.2 Å². The fourth-order valence-electron chi connectivity index (χ4n) is 6.50. The molecule has 2 fully saturated rings.